The third kappa shape index (κ3) is 6.26. The van der Waals surface area contributed by atoms with E-state index in [0.29, 0.717) is 51.7 Å². The number of amides is 1. The molecule has 36 heavy (non-hydrogen) atoms. The van der Waals surface area contributed by atoms with Crippen LogP contribution in [0, 0.1) is 5.92 Å². The maximum absolute atomic E-state index is 14.0. The Morgan fingerprint density at radius 1 is 1.19 bits per heavy atom. The molecule has 2 aliphatic rings. The van der Waals surface area contributed by atoms with Crippen LogP contribution in [0.2, 0.25) is 0 Å². The SMILES string of the molecule is COCCCc1cc(CN(C(=O)C2CNCCC2(O)c2nccn2C)C2CC2)cc(OCCOC)c1. The van der Waals surface area contributed by atoms with Gasteiger partial charge in [0.15, 0.2) is 0 Å². The van der Waals surface area contributed by atoms with Gasteiger partial charge in [-0.25, -0.2) is 4.98 Å². The first kappa shape index (κ1) is 26.6. The highest BCUT2D eigenvalue weighted by molar-refractivity contribution is 5.81. The molecule has 2 heterocycles. The number of hydrogen-bond acceptors (Lipinski definition) is 7. The van der Waals surface area contributed by atoms with Gasteiger partial charge in [0.05, 0.1) is 12.5 Å². The number of aliphatic hydroxyl groups is 1. The van der Waals surface area contributed by atoms with Gasteiger partial charge in [0.25, 0.3) is 0 Å². The summed E-state index contributed by atoms with van der Waals surface area (Å²) in [7, 11) is 5.23. The molecule has 2 unspecified atom stereocenters. The molecule has 2 aromatic rings. The van der Waals surface area contributed by atoms with Crippen LogP contribution in [-0.2, 0) is 39.9 Å². The normalized spacial score (nSPS) is 21.9. The molecule has 9 nitrogen and oxygen atoms in total. The predicted molar refractivity (Wildman–Crippen MR) is 136 cm³/mol. The largest absolute Gasteiger partial charge is 0.491 e. The second-order valence-electron chi connectivity index (χ2n) is 9.91. The average Bonchev–Trinajstić information content (AvgIpc) is 3.61. The molecule has 1 aliphatic carbocycles. The van der Waals surface area contributed by atoms with Crippen molar-refractivity contribution < 1.29 is 24.1 Å². The molecular formula is C27H40N4O5. The first-order valence-corrected chi connectivity index (χ1v) is 12.9. The summed E-state index contributed by atoms with van der Waals surface area (Å²) in [5.74, 6) is 0.702. The number of nitrogens with zero attached hydrogens (tertiary/aromatic N) is 3. The van der Waals surface area contributed by atoms with Crippen molar-refractivity contribution in [1.82, 2.24) is 19.8 Å². The van der Waals surface area contributed by atoms with Crippen LogP contribution in [0.4, 0.5) is 0 Å². The Balaban J connectivity index is 1.57. The molecule has 1 aromatic heterocycles. The fourth-order valence-electron chi connectivity index (χ4n) is 5.09. The number of carbonyl (C=O) groups excluding carboxylic acids is 1. The number of imidazole rings is 1. The van der Waals surface area contributed by atoms with Gasteiger partial charge in [0.1, 0.15) is 23.8 Å². The molecule has 4 rings (SSSR count). The minimum atomic E-state index is -1.30. The summed E-state index contributed by atoms with van der Waals surface area (Å²) in [6, 6.07) is 6.43. The number of rotatable bonds is 13. The first-order chi connectivity index (χ1) is 17.5. The topological polar surface area (TPSA) is 98.1 Å². The lowest BCUT2D eigenvalue weighted by Gasteiger charge is -2.41. The lowest BCUT2D eigenvalue weighted by Crippen LogP contribution is -2.56. The average molecular weight is 501 g/mol. The van der Waals surface area contributed by atoms with E-state index < -0.39 is 11.5 Å². The van der Waals surface area contributed by atoms with Gasteiger partial charge >= 0.3 is 0 Å². The minimum Gasteiger partial charge on any atom is -0.491 e. The zero-order chi connectivity index (χ0) is 25.5. The molecule has 2 atom stereocenters. The Bertz CT molecular complexity index is 980. The molecule has 0 bridgehead atoms. The van der Waals surface area contributed by atoms with Crippen LogP contribution in [0.25, 0.3) is 0 Å². The van der Waals surface area contributed by atoms with E-state index in [9.17, 15) is 9.90 Å². The zero-order valence-corrected chi connectivity index (χ0v) is 21.7. The molecule has 1 aromatic carbocycles. The number of aryl methyl sites for hydroxylation is 2. The van der Waals surface area contributed by atoms with E-state index in [2.05, 4.69) is 22.4 Å². The van der Waals surface area contributed by atoms with Crippen LogP contribution in [-0.4, -0.2) is 78.6 Å². The summed E-state index contributed by atoms with van der Waals surface area (Å²) in [4.78, 5) is 20.4. The van der Waals surface area contributed by atoms with E-state index in [0.717, 1.165) is 42.6 Å². The van der Waals surface area contributed by atoms with Crippen LogP contribution >= 0.6 is 0 Å². The Kier molecular flexibility index (Phi) is 9.00. The van der Waals surface area contributed by atoms with Crippen LogP contribution in [0.15, 0.2) is 30.6 Å². The molecule has 1 saturated carbocycles. The monoisotopic (exact) mass is 500 g/mol. The van der Waals surface area contributed by atoms with Gasteiger partial charge in [-0.2, -0.15) is 0 Å². The molecule has 2 fully saturated rings. The van der Waals surface area contributed by atoms with Gasteiger partial charge in [-0.05, 0) is 61.9 Å². The summed E-state index contributed by atoms with van der Waals surface area (Å²) >= 11 is 0. The summed E-state index contributed by atoms with van der Waals surface area (Å²) < 4.78 is 18.1. The Morgan fingerprint density at radius 2 is 1.97 bits per heavy atom. The number of benzene rings is 1. The fourth-order valence-corrected chi connectivity index (χ4v) is 5.09. The quantitative estimate of drug-likeness (QED) is 0.406. The number of piperidine rings is 1. The summed E-state index contributed by atoms with van der Waals surface area (Å²) in [6.45, 7) is 3.21. The summed E-state index contributed by atoms with van der Waals surface area (Å²) in [6.07, 6.45) is 7.68. The van der Waals surface area contributed by atoms with Crippen molar-refractivity contribution in [2.75, 3.05) is 47.1 Å². The summed E-state index contributed by atoms with van der Waals surface area (Å²) in [5, 5.41) is 15.1. The molecule has 1 saturated heterocycles. The third-order valence-corrected chi connectivity index (χ3v) is 7.13. The van der Waals surface area contributed by atoms with Gasteiger partial charge in [-0.15, -0.1) is 0 Å². The Hall–Kier alpha value is -2.46. The molecule has 198 valence electrons. The second kappa shape index (κ2) is 12.2. The van der Waals surface area contributed by atoms with E-state index in [-0.39, 0.29) is 11.9 Å². The standard InChI is InChI=1S/C27H40N4O5/c1-30-11-10-29-26(30)27(33)8-9-28-18-24(27)25(32)31(22-6-7-22)19-21-15-20(5-4-12-34-2)16-23(17-21)36-14-13-35-3/h10-11,15-17,22,24,28,33H,4-9,12-14,18-19H2,1-3H3. The number of carbonyl (C=O) groups is 1. The maximum atomic E-state index is 14.0. The Labute approximate surface area is 213 Å². The lowest BCUT2D eigenvalue weighted by molar-refractivity contribution is -0.151. The van der Waals surface area contributed by atoms with E-state index in [1.165, 1.54) is 0 Å². The van der Waals surface area contributed by atoms with Gasteiger partial charge in [-0.1, -0.05) is 6.07 Å². The highest BCUT2D eigenvalue weighted by atomic mass is 16.5. The van der Waals surface area contributed by atoms with Crippen molar-refractivity contribution in [2.24, 2.45) is 13.0 Å². The van der Waals surface area contributed by atoms with E-state index in [1.807, 2.05) is 28.8 Å². The molecule has 0 radical (unpaired) electrons. The second-order valence-corrected chi connectivity index (χ2v) is 9.91. The lowest BCUT2D eigenvalue weighted by atomic mass is 9.79. The third-order valence-electron chi connectivity index (χ3n) is 7.13. The van der Waals surface area contributed by atoms with E-state index in [4.69, 9.17) is 14.2 Å². The van der Waals surface area contributed by atoms with Gasteiger partial charge in [0, 0.05) is 59.4 Å². The molecule has 1 amide bonds. The van der Waals surface area contributed by atoms with E-state index >= 15 is 0 Å². The van der Waals surface area contributed by atoms with Gasteiger partial charge < -0.3 is 34.1 Å². The number of hydrogen-bond donors (Lipinski definition) is 2. The number of methoxy groups -OCH3 is 2. The highest BCUT2D eigenvalue weighted by Gasteiger charge is 2.50. The summed E-state index contributed by atoms with van der Waals surface area (Å²) in [5.41, 5.74) is 0.885. The zero-order valence-electron chi connectivity index (χ0n) is 21.7. The van der Waals surface area contributed by atoms with Crippen molar-refractivity contribution in [3.05, 3.63) is 47.5 Å². The molecule has 0 spiro atoms. The smallest absolute Gasteiger partial charge is 0.230 e. The van der Waals surface area contributed by atoms with Crippen molar-refractivity contribution in [2.45, 2.75) is 50.3 Å². The van der Waals surface area contributed by atoms with Gasteiger partial charge in [0.2, 0.25) is 5.91 Å². The van der Waals surface area contributed by atoms with E-state index in [1.54, 1.807) is 20.4 Å². The van der Waals surface area contributed by atoms with Gasteiger partial charge in [-0.3, -0.25) is 4.79 Å². The molecular weight excluding hydrogens is 460 g/mol. The van der Waals surface area contributed by atoms with Crippen molar-refractivity contribution in [1.29, 1.82) is 0 Å². The Morgan fingerprint density at radius 3 is 2.67 bits per heavy atom. The van der Waals surface area contributed by atoms with Crippen molar-refractivity contribution in [3.63, 3.8) is 0 Å². The van der Waals surface area contributed by atoms with Crippen LogP contribution < -0.4 is 10.1 Å². The predicted octanol–water partition coefficient (Wildman–Crippen LogP) is 2.01. The molecule has 1 aliphatic heterocycles. The number of ether oxygens (including phenoxy) is 3. The van der Waals surface area contributed by atoms with Crippen LogP contribution in [0.1, 0.15) is 42.6 Å². The molecule has 2 N–H and O–H groups in total. The minimum absolute atomic E-state index is 0.0261. The van der Waals surface area contributed by atoms with Crippen LogP contribution in [0.3, 0.4) is 0 Å². The van der Waals surface area contributed by atoms with Crippen LogP contribution in [0.5, 0.6) is 5.75 Å². The van der Waals surface area contributed by atoms with Crippen molar-refractivity contribution >= 4 is 5.91 Å². The highest BCUT2D eigenvalue weighted by Crippen LogP contribution is 2.38. The van der Waals surface area contributed by atoms with Crippen molar-refractivity contribution in [3.8, 4) is 5.75 Å². The molecule has 9 heteroatoms. The number of nitrogens with one attached hydrogen (secondary N) is 1. The first-order valence-electron chi connectivity index (χ1n) is 12.9. The maximum Gasteiger partial charge on any atom is 0.230 e. The number of aromatic nitrogens is 2. The fraction of sp³-hybridized carbons (Fsp3) is 0.630.